The van der Waals surface area contributed by atoms with Crippen LogP contribution in [0.15, 0.2) is 34.6 Å². The number of rotatable bonds is 0. The van der Waals surface area contributed by atoms with Crippen LogP contribution in [0, 0.1) is 17.3 Å². The predicted molar refractivity (Wildman–Crippen MR) is 78.6 cm³/mol. The summed E-state index contributed by atoms with van der Waals surface area (Å²) in [6.45, 7) is 2.15. The van der Waals surface area contributed by atoms with Crippen LogP contribution in [-0.4, -0.2) is 16.7 Å². The third-order valence-electron chi connectivity index (χ3n) is 6.28. The molecule has 0 aromatic heterocycles. The van der Waals surface area contributed by atoms with Crippen molar-refractivity contribution in [2.45, 2.75) is 45.4 Å². The second-order valence-electron chi connectivity index (χ2n) is 7.09. The number of carbonyl (C=O) groups is 2. The zero-order valence-electron chi connectivity index (χ0n) is 12.3. The summed E-state index contributed by atoms with van der Waals surface area (Å²) in [6.07, 6.45) is 8.66. The number of hydrogen-bond donors (Lipinski definition) is 1. The van der Waals surface area contributed by atoms with E-state index in [2.05, 4.69) is 6.92 Å². The minimum atomic E-state index is -0.274. The fourth-order valence-electron chi connectivity index (χ4n) is 5.07. The van der Waals surface area contributed by atoms with Gasteiger partial charge in [-0.15, -0.1) is 0 Å². The summed E-state index contributed by atoms with van der Waals surface area (Å²) in [4.78, 5) is 23.9. The van der Waals surface area contributed by atoms with Gasteiger partial charge in [-0.1, -0.05) is 18.6 Å². The lowest BCUT2D eigenvalue weighted by Crippen LogP contribution is -2.40. The van der Waals surface area contributed by atoms with E-state index in [1.807, 2.05) is 6.08 Å². The Balaban J connectivity index is 1.81. The summed E-state index contributed by atoms with van der Waals surface area (Å²) in [5, 5.41) is 10.0. The lowest BCUT2D eigenvalue weighted by molar-refractivity contribution is -0.128. The SMILES string of the molecule is C[C@]12CCC3=C4C=CC(=O)C(O)=C4CC[C@H]3[C@@H]1CCC2=O. The summed E-state index contributed by atoms with van der Waals surface area (Å²) < 4.78 is 0. The van der Waals surface area contributed by atoms with Gasteiger partial charge in [-0.2, -0.15) is 0 Å². The van der Waals surface area contributed by atoms with Gasteiger partial charge in [0, 0.05) is 17.4 Å². The molecule has 4 rings (SSSR count). The zero-order valence-corrected chi connectivity index (χ0v) is 12.3. The summed E-state index contributed by atoms with van der Waals surface area (Å²) in [6, 6.07) is 0. The predicted octanol–water partition coefficient (Wildman–Crippen LogP) is 3.42. The van der Waals surface area contributed by atoms with Gasteiger partial charge in [0.15, 0.2) is 5.76 Å². The van der Waals surface area contributed by atoms with E-state index < -0.39 is 0 Å². The molecule has 0 saturated heterocycles. The van der Waals surface area contributed by atoms with E-state index in [4.69, 9.17) is 0 Å². The van der Waals surface area contributed by atoms with Crippen LogP contribution in [0.4, 0.5) is 0 Å². The number of aliphatic hydroxyl groups is 1. The maximum atomic E-state index is 12.3. The molecule has 0 radical (unpaired) electrons. The van der Waals surface area contributed by atoms with Crippen molar-refractivity contribution in [2.75, 3.05) is 0 Å². The third kappa shape index (κ3) is 1.60. The lowest BCUT2D eigenvalue weighted by atomic mass is 9.58. The standard InChI is InChI=1S/C18H20O3/c1-18-9-8-11-10-4-6-15(19)17(21)13(10)3-2-12(11)14(18)5-7-16(18)20/h4,6,12,14,21H,2-3,5,7-9H2,1H3/t12-,14+,18+/m1/s1. The quantitative estimate of drug-likeness (QED) is 0.741. The molecule has 1 N–H and O–H groups in total. The molecular weight excluding hydrogens is 264 g/mol. The molecule has 0 spiro atoms. The van der Waals surface area contributed by atoms with Crippen LogP contribution in [0.5, 0.6) is 0 Å². The molecule has 21 heavy (non-hydrogen) atoms. The van der Waals surface area contributed by atoms with Gasteiger partial charge < -0.3 is 5.11 Å². The third-order valence-corrected chi connectivity index (χ3v) is 6.28. The first-order valence-corrected chi connectivity index (χ1v) is 7.93. The van der Waals surface area contributed by atoms with Crippen LogP contribution in [-0.2, 0) is 9.59 Å². The monoisotopic (exact) mass is 284 g/mol. The minimum Gasteiger partial charge on any atom is -0.504 e. The Hall–Kier alpha value is -1.64. The van der Waals surface area contributed by atoms with Gasteiger partial charge >= 0.3 is 0 Å². The highest BCUT2D eigenvalue weighted by Crippen LogP contribution is 2.58. The van der Waals surface area contributed by atoms with Gasteiger partial charge in [0.25, 0.3) is 0 Å². The highest BCUT2D eigenvalue weighted by Gasteiger charge is 2.53. The van der Waals surface area contributed by atoms with Crippen molar-refractivity contribution in [1.82, 2.24) is 0 Å². The van der Waals surface area contributed by atoms with Gasteiger partial charge in [0.05, 0.1) is 0 Å². The Morgan fingerprint density at radius 3 is 2.76 bits per heavy atom. The second kappa shape index (κ2) is 4.19. The van der Waals surface area contributed by atoms with Gasteiger partial charge in [-0.25, -0.2) is 0 Å². The molecule has 3 nitrogen and oxygen atoms in total. The van der Waals surface area contributed by atoms with Crippen LogP contribution < -0.4 is 0 Å². The number of ketones is 2. The fraction of sp³-hybridized carbons (Fsp3) is 0.556. The first kappa shape index (κ1) is 13.1. The molecular formula is C18H20O3. The van der Waals surface area contributed by atoms with Crippen molar-refractivity contribution in [3.05, 3.63) is 34.6 Å². The molecule has 2 fully saturated rings. The molecule has 3 heteroatoms. The molecule has 4 aliphatic carbocycles. The average molecular weight is 284 g/mol. The molecule has 0 bridgehead atoms. The zero-order chi connectivity index (χ0) is 14.8. The molecule has 0 unspecified atom stereocenters. The smallest absolute Gasteiger partial charge is 0.220 e. The molecule has 0 amide bonds. The molecule has 0 aliphatic heterocycles. The lowest BCUT2D eigenvalue weighted by Gasteiger charge is -2.45. The van der Waals surface area contributed by atoms with Crippen LogP contribution >= 0.6 is 0 Å². The highest BCUT2D eigenvalue weighted by molar-refractivity contribution is 6.05. The number of aliphatic hydroxyl groups excluding tert-OH is 1. The van der Waals surface area contributed by atoms with E-state index in [1.54, 1.807) is 0 Å². The second-order valence-corrected chi connectivity index (χ2v) is 7.09. The maximum absolute atomic E-state index is 12.3. The van der Waals surface area contributed by atoms with E-state index in [0.717, 1.165) is 49.7 Å². The normalized spacial score (nSPS) is 38.5. The Bertz CT molecular complexity index is 649. The maximum Gasteiger partial charge on any atom is 0.220 e. The largest absolute Gasteiger partial charge is 0.504 e. The van der Waals surface area contributed by atoms with Crippen molar-refractivity contribution < 1.29 is 14.7 Å². The molecule has 2 saturated carbocycles. The Morgan fingerprint density at radius 1 is 1.14 bits per heavy atom. The average Bonchev–Trinajstić information content (AvgIpc) is 2.78. The molecule has 4 aliphatic rings. The van der Waals surface area contributed by atoms with Gasteiger partial charge in [-0.05, 0) is 55.6 Å². The van der Waals surface area contributed by atoms with Crippen molar-refractivity contribution in [3.8, 4) is 0 Å². The van der Waals surface area contributed by atoms with Crippen LogP contribution in [0.1, 0.15) is 45.4 Å². The van der Waals surface area contributed by atoms with Crippen molar-refractivity contribution in [3.63, 3.8) is 0 Å². The number of fused-ring (bicyclic) bond motifs is 4. The van der Waals surface area contributed by atoms with Crippen LogP contribution in [0.25, 0.3) is 0 Å². The number of carbonyl (C=O) groups excluding carboxylic acids is 2. The molecule has 0 heterocycles. The minimum absolute atomic E-state index is 0.0608. The molecule has 0 aromatic carbocycles. The topological polar surface area (TPSA) is 54.4 Å². The van der Waals surface area contributed by atoms with Gasteiger partial charge in [0.2, 0.25) is 5.78 Å². The summed E-state index contributed by atoms with van der Waals surface area (Å²) in [7, 11) is 0. The summed E-state index contributed by atoms with van der Waals surface area (Å²) in [5.41, 5.74) is 3.17. The van der Waals surface area contributed by atoms with E-state index in [1.165, 1.54) is 11.6 Å². The van der Waals surface area contributed by atoms with E-state index in [9.17, 15) is 14.7 Å². The Labute approximate surface area is 124 Å². The molecule has 3 atom stereocenters. The van der Waals surface area contributed by atoms with Crippen molar-refractivity contribution in [1.29, 1.82) is 0 Å². The Kier molecular flexibility index (Phi) is 2.60. The first-order valence-electron chi connectivity index (χ1n) is 7.93. The first-order chi connectivity index (χ1) is 10.0. The number of allylic oxidation sites excluding steroid dienone is 5. The van der Waals surface area contributed by atoms with Crippen LogP contribution in [0.2, 0.25) is 0 Å². The number of hydrogen-bond acceptors (Lipinski definition) is 3. The summed E-state index contributed by atoms with van der Waals surface area (Å²) in [5.74, 6) is 1.02. The summed E-state index contributed by atoms with van der Waals surface area (Å²) >= 11 is 0. The van der Waals surface area contributed by atoms with E-state index in [-0.39, 0.29) is 17.0 Å². The van der Waals surface area contributed by atoms with Crippen LogP contribution in [0.3, 0.4) is 0 Å². The van der Waals surface area contributed by atoms with Gasteiger partial charge in [-0.3, -0.25) is 9.59 Å². The highest BCUT2D eigenvalue weighted by atomic mass is 16.3. The van der Waals surface area contributed by atoms with E-state index >= 15 is 0 Å². The number of Topliss-reactive ketones (excluding diaryl/α,β-unsaturated/α-hetero) is 1. The van der Waals surface area contributed by atoms with Crippen molar-refractivity contribution in [2.24, 2.45) is 17.3 Å². The molecule has 0 aromatic rings. The molecule has 110 valence electrons. The Morgan fingerprint density at radius 2 is 1.95 bits per heavy atom. The fourth-order valence-corrected chi connectivity index (χ4v) is 5.07. The van der Waals surface area contributed by atoms with Gasteiger partial charge in [0.1, 0.15) is 5.78 Å². The van der Waals surface area contributed by atoms with E-state index in [0.29, 0.717) is 17.6 Å². The van der Waals surface area contributed by atoms with Crippen molar-refractivity contribution >= 4 is 11.6 Å².